The molecule has 1 heterocycles. The quantitative estimate of drug-likeness (QED) is 0.340. The molecule has 1 aromatic heterocycles. The minimum atomic E-state index is -3.70. The lowest BCUT2D eigenvalue weighted by Gasteiger charge is -2.09. The molecule has 0 aliphatic rings. The molecule has 0 unspecified atom stereocenters. The van der Waals surface area contributed by atoms with Gasteiger partial charge in [-0.05, 0) is 43.2 Å². The van der Waals surface area contributed by atoms with Crippen molar-refractivity contribution in [1.82, 2.24) is 15.3 Å². The van der Waals surface area contributed by atoms with Gasteiger partial charge in [-0.1, -0.05) is 36.0 Å². The number of carbonyl (C=O) groups is 1. The van der Waals surface area contributed by atoms with Crippen LogP contribution in [0.3, 0.4) is 0 Å². The van der Waals surface area contributed by atoms with Gasteiger partial charge in [-0.2, -0.15) is 0 Å². The molecule has 3 aromatic rings. The Bertz CT molecular complexity index is 1130. The van der Waals surface area contributed by atoms with Gasteiger partial charge in [0.2, 0.25) is 15.9 Å². The Morgan fingerprint density at radius 1 is 1.10 bits per heavy atom. The molecule has 0 aliphatic heterocycles. The third-order valence-electron chi connectivity index (χ3n) is 4.25. The molecule has 0 bridgehead atoms. The molecular weight excluding hydrogens is 422 g/mol. The van der Waals surface area contributed by atoms with E-state index in [1.165, 1.54) is 23.9 Å². The van der Waals surface area contributed by atoms with E-state index in [4.69, 9.17) is 5.14 Å². The van der Waals surface area contributed by atoms with Crippen LogP contribution in [-0.4, -0.2) is 43.1 Å². The van der Waals surface area contributed by atoms with Crippen LogP contribution < -0.4 is 15.8 Å². The number of thioether (sulfide) groups is 1. The van der Waals surface area contributed by atoms with Crippen LogP contribution >= 0.6 is 11.8 Å². The van der Waals surface area contributed by atoms with E-state index in [1.807, 2.05) is 31.2 Å². The molecule has 0 spiro atoms. The van der Waals surface area contributed by atoms with Crippen LogP contribution in [-0.2, 0) is 21.2 Å². The van der Waals surface area contributed by atoms with E-state index in [2.05, 4.69) is 20.6 Å². The van der Waals surface area contributed by atoms with E-state index in [1.54, 1.807) is 12.1 Å². The molecular formula is C20H23N5O3S2. The first-order valence-corrected chi connectivity index (χ1v) is 11.9. The number of hydrogen-bond donors (Lipinski definition) is 3. The minimum Gasteiger partial charge on any atom is -0.370 e. The van der Waals surface area contributed by atoms with Crippen LogP contribution in [0.1, 0.15) is 12.5 Å². The van der Waals surface area contributed by atoms with Crippen LogP contribution in [0, 0.1) is 0 Å². The lowest BCUT2D eigenvalue weighted by Crippen LogP contribution is -2.27. The van der Waals surface area contributed by atoms with Crippen LogP contribution in [0.4, 0.5) is 5.82 Å². The number of nitrogens with one attached hydrogen (secondary N) is 2. The summed E-state index contributed by atoms with van der Waals surface area (Å²) in [5, 5.41) is 12.7. The monoisotopic (exact) mass is 445 g/mol. The van der Waals surface area contributed by atoms with Gasteiger partial charge in [0, 0.05) is 18.5 Å². The first-order valence-electron chi connectivity index (χ1n) is 9.38. The summed E-state index contributed by atoms with van der Waals surface area (Å²) in [4.78, 5) is 21.3. The van der Waals surface area contributed by atoms with Crippen molar-refractivity contribution in [3.05, 3.63) is 54.1 Å². The second-order valence-electron chi connectivity index (χ2n) is 6.48. The molecule has 0 radical (unpaired) electrons. The number of benzene rings is 2. The number of hydrogen-bond acceptors (Lipinski definition) is 7. The van der Waals surface area contributed by atoms with Crippen molar-refractivity contribution in [3.63, 3.8) is 0 Å². The number of nitrogens with zero attached hydrogens (tertiary/aromatic N) is 2. The average molecular weight is 446 g/mol. The average Bonchev–Trinajstić information content (AvgIpc) is 2.72. The third kappa shape index (κ3) is 5.91. The van der Waals surface area contributed by atoms with E-state index in [9.17, 15) is 13.2 Å². The molecule has 30 heavy (non-hydrogen) atoms. The van der Waals surface area contributed by atoms with Gasteiger partial charge < -0.3 is 10.6 Å². The Kier molecular flexibility index (Phi) is 7.24. The lowest BCUT2D eigenvalue weighted by molar-refractivity contribution is -0.118. The number of amides is 1. The van der Waals surface area contributed by atoms with Gasteiger partial charge in [0.1, 0.15) is 5.82 Å². The number of sulfonamides is 1. The fourth-order valence-corrected chi connectivity index (χ4v) is 3.99. The molecule has 0 saturated heterocycles. The Hall–Kier alpha value is -2.69. The number of aromatic nitrogens is 2. The Balaban J connectivity index is 1.52. The molecule has 1 amide bonds. The number of rotatable bonds is 9. The fourth-order valence-electron chi connectivity index (χ4n) is 2.80. The van der Waals surface area contributed by atoms with Crippen molar-refractivity contribution in [1.29, 1.82) is 0 Å². The Morgan fingerprint density at radius 3 is 2.53 bits per heavy atom. The van der Waals surface area contributed by atoms with Crippen molar-refractivity contribution < 1.29 is 13.2 Å². The number of nitrogens with two attached hydrogens (primary N) is 1. The number of anilines is 1. The summed E-state index contributed by atoms with van der Waals surface area (Å²) in [5.41, 5.74) is 1.73. The number of primary sulfonamides is 1. The SMILES string of the molecule is CCNc1nc(SCC(=O)NCCc2ccc(S(N)(=O)=O)cc2)nc2ccccc12. The highest BCUT2D eigenvalue weighted by atomic mass is 32.2. The van der Waals surface area contributed by atoms with Crippen molar-refractivity contribution >= 4 is 44.4 Å². The summed E-state index contributed by atoms with van der Waals surface area (Å²) in [7, 11) is -3.70. The second kappa shape index (κ2) is 9.88. The molecule has 3 rings (SSSR count). The van der Waals surface area contributed by atoms with Crippen LogP contribution in [0.2, 0.25) is 0 Å². The third-order valence-corrected chi connectivity index (χ3v) is 6.02. The summed E-state index contributed by atoms with van der Waals surface area (Å²) in [6.45, 7) is 3.18. The molecule has 4 N–H and O–H groups in total. The summed E-state index contributed by atoms with van der Waals surface area (Å²) in [6.07, 6.45) is 0.582. The smallest absolute Gasteiger partial charge is 0.238 e. The molecule has 0 atom stereocenters. The molecule has 158 valence electrons. The van der Waals surface area contributed by atoms with Crippen LogP contribution in [0.15, 0.2) is 58.6 Å². The van der Waals surface area contributed by atoms with Gasteiger partial charge in [0.15, 0.2) is 5.16 Å². The van der Waals surface area contributed by atoms with E-state index in [0.29, 0.717) is 18.1 Å². The second-order valence-corrected chi connectivity index (χ2v) is 8.98. The van der Waals surface area contributed by atoms with E-state index in [0.717, 1.165) is 28.8 Å². The van der Waals surface area contributed by atoms with Crippen LogP contribution in [0.25, 0.3) is 10.9 Å². The summed E-state index contributed by atoms with van der Waals surface area (Å²) in [6, 6.07) is 14.0. The fraction of sp³-hybridized carbons (Fsp3) is 0.250. The molecule has 0 saturated carbocycles. The van der Waals surface area contributed by atoms with Gasteiger partial charge in [-0.15, -0.1) is 0 Å². The summed E-state index contributed by atoms with van der Waals surface area (Å²) in [5.74, 6) is 0.839. The standard InChI is InChI=1S/C20H23N5O3S2/c1-2-22-19-16-5-3-4-6-17(16)24-20(25-19)29-13-18(26)23-12-11-14-7-9-15(10-8-14)30(21,27)28/h3-10H,2,11-13H2,1H3,(H,23,26)(H2,21,27,28)(H,22,24,25). The molecule has 8 nitrogen and oxygen atoms in total. The summed E-state index contributed by atoms with van der Waals surface area (Å²) >= 11 is 1.28. The predicted octanol–water partition coefficient (Wildman–Crippen LogP) is 2.16. The van der Waals surface area contributed by atoms with Crippen molar-refractivity contribution in [3.8, 4) is 0 Å². The van der Waals surface area contributed by atoms with Crippen LogP contribution in [0.5, 0.6) is 0 Å². The maximum atomic E-state index is 12.2. The molecule has 0 aliphatic carbocycles. The number of para-hydroxylation sites is 1. The molecule has 2 aromatic carbocycles. The van der Waals surface area contributed by atoms with Gasteiger partial charge in [0.25, 0.3) is 0 Å². The van der Waals surface area contributed by atoms with E-state index >= 15 is 0 Å². The van der Waals surface area contributed by atoms with Gasteiger partial charge in [-0.25, -0.2) is 23.5 Å². The highest BCUT2D eigenvalue weighted by molar-refractivity contribution is 7.99. The maximum Gasteiger partial charge on any atom is 0.238 e. The first-order chi connectivity index (χ1) is 14.4. The Morgan fingerprint density at radius 2 is 1.83 bits per heavy atom. The molecule has 0 fully saturated rings. The lowest BCUT2D eigenvalue weighted by atomic mass is 10.1. The van der Waals surface area contributed by atoms with Crippen molar-refractivity contribution in [2.75, 3.05) is 24.2 Å². The van der Waals surface area contributed by atoms with Gasteiger partial charge in [0.05, 0.1) is 16.2 Å². The molecule has 10 heteroatoms. The zero-order valence-corrected chi connectivity index (χ0v) is 18.1. The zero-order valence-electron chi connectivity index (χ0n) is 16.5. The highest BCUT2D eigenvalue weighted by Gasteiger charge is 2.10. The predicted molar refractivity (Wildman–Crippen MR) is 119 cm³/mol. The summed E-state index contributed by atoms with van der Waals surface area (Å²) < 4.78 is 22.5. The minimum absolute atomic E-state index is 0.0685. The van der Waals surface area contributed by atoms with E-state index in [-0.39, 0.29) is 16.6 Å². The van der Waals surface area contributed by atoms with Crippen molar-refractivity contribution in [2.24, 2.45) is 5.14 Å². The first kappa shape index (κ1) is 22.0. The highest BCUT2D eigenvalue weighted by Crippen LogP contribution is 2.24. The van der Waals surface area contributed by atoms with Gasteiger partial charge in [-0.3, -0.25) is 4.79 Å². The maximum absolute atomic E-state index is 12.2. The Labute approximate surface area is 179 Å². The number of carbonyl (C=O) groups excluding carboxylic acids is 1. The normalized spacial score (nSPS) is 11.4. The van der Waals surface area contributed by atoms with Crippen molar-refractivity contribution in [2.45, 2.75) is 23.4 Å². The van der Waals surface area contributed by atoms with Gasteiger partial charge >= 0.3 is 0 Å². The van der Waals surface area contributed by atoms with E-state index < -0.39 is 10.0 Å². The zero-order chi connectivity index (χ0) is 21.6. The largest absolute Gasteiger partial charge is 0.370 e. The number of fused-ring (bicyclic) bond motifs is 1. The topological polar surface area (TPSA) is 127 Å².